The van der Waals surface area contributed by atoms with Gasteiger partial charge in [-0.2, -0.15) is 30.6 Å². The second-order valence-corrected chi connectivity index (χ2v) is 9.12. The van der Waals surface area contributed by atoms with Gasteiger partial charge in [0.25, 0.3) is 5.91 Å². The molecule has 0 unspecified atom stereocenters. The van der Waals surface area contributed by atoms with Crippen molar-refractivity contribution < 1.29 is 44.3 Å². The Balaban J connectivity index is 1.82. The topological polar surface area (TPSA) is 74.8 Å². The van der Waals surface area contributed by atoms with Crippen LogP contribution in [0.15, 0.2) is 47.4 Å². The Morgan fingerprint density at radius 1 is 0.818 bits per heavy atom. The molecule has 0 bridgehead atoms. The molecule has 0 N–H and O–H groups in total. The molecular weight excluding hydrogens is 478 g/mol. The molecule has 1 aliphatic rings. The predicted molar refractivity (Wildman–Crippen MR) is 103 cm³/mol. The van der Waals surface area contributed by atoms with Gasteiger partial charge in [-0.1, -0.05) is 12.1 Å². The fraction of sp³-hybridized carbons (Fsp3) is 0.300. The summed E-state index contributed by atoms with van der Waals surface area (Å²) in [6.45, 7) is -0.895. The number of piperazine rings is 1. The molecule has 1 fully saturated rings. The van der Waals surface area contributed by atoms with Gasteiger partial charge in [0.1, 0.15) is 6.29 Å². The zero-order valence-electron chi connectivity index (χ0n) is 16.7. The summed E-state index contributed by atoms with van der Waals surface area (Å²) in [4.78, 5) is 23.4. The van der Waals surface area contributed by atoms with Gasteiger partial charge in [0.05, 0.1) is 16.0 Å². The summed E-state index contributed by atoms with van der Waals surface area (Å²) in [6.07, 6.45) is -9.78. The number of halogens is 6. The second-order valence-electron chi connectivity index (χ2n) is 7.18. The first kappa shape index (κ1) is 24.7. The van der Waals surface area contributed by atoms with Crippen molar-refractivity contribution in [3.05, 3.63) is 64.7 Å². The molecule has 2 aromatic rings. The highest BCUT2D eigenvalue weighted by atomic mass is 32.2. The standard InChI is InChI=1S/C20H16F6N2O4S/c21-19(22,23)15-9-16(20(24,25)26)11-17(10-15)33(31,32)28-7-5-27(6-8-28)18(30)14-3-1-13(12-29)2-4-14/h1-4,9-12H,5-8H2. The number of hydrogen-bond acceptors (Lipinski definition) is 4. The summed E-state index contributed by atoms with van der Waals surface area (Å²) < 4.78 is 105. The molecule has 1 heterocycles. The normalized spacial score (nSPS) is 16.0. The molecule has 13 heteroatoms. The minimum Gasteiger partial charge on any atom is -0.336 e. The van der Waals surface area contributed by atoms with Crippen LogP contribution in [0.5, 0.6) is 0 Å². The quantitative estimate of drug-likeness (QED) is 0.480. The molecule has 1 saturated heterocycles. The Morgan fingerprint density at radius 3 is 1.73 bits per heavy atom. The van der Waals surface area contributed by atoms with E-state index in [0.717, 1.165) is 4.31 Å². The maximum absolute atomic E-state index is 13.1. The predicted octanol–water partition coefficient (Wildman–Crippen LogP) is 3.68. The third kappa shape index (κ3) is 5.36. The van der Waals surface area contributed by atoms with Crippen LogP contribution >= 0.6 is 0 Å². The zero-order chi connectivity index (χ0) is 24.6. The van der Waals surface area contributed by atoms with Crippen molar-refractivity contribution in [3.8, 4) is 0 Å². The molecule has 0 spiro atoms. The highest BCUT2D eigenvalue weighted by Crippen LogP contribution is 2.37. The van der Waals surface area contributed by atoms with Gasteiger partial charge in [-0.25, -0.2) is 8.42 Å². The summed E-state index contributed by atoms with van der Waals surface area (Å²) in [7, 11) is -4.69. The van der Waals surface area contributed by atoms with Gasteiger partial charge in [-0.3, -0.25) is 9.59 Å². The summed E-state index contributed by atoms with van der Waals surface area (Å²) >= 11 is 0. The van der Waals surface area contributed by atoms with Crippen molar-refractivity contribution >= 4 is 22.2 Å². The number of carbonyl (C=O) groups is 2. The molecule has 0 aliphatic carbocycles. The first-order chi connectivity index (χ1) is 15.2. The number of sulfonamides is 1. The Morgan fingerprint density at radius 2 is 1.30 bits per heavy atom. The summed E-state index contributed by atoms with van der Waals surface area (Å²) in [6, 6.07) is 5.85. The van der Waals surface area contributed by atoms with E-state index < -0.39 is 44.3 Å². The minimum atomic E-state index is -5.18. The number of amides is 1. The average Bonchev–Trinajstić information content (AvgIpc) is 2.77. The molecule has 6 nitrogen and oxygen atoms in total. The Hall–Kier alpha value is -2.93. The monoisotopic (exact) mass is 494 g/mol. The SMILES string of the molecule is O=Cc1ccc(C(=O)N2CCN(S(=O)(=O)c3cc(C(F)(F)F)cc(C(F)(F)F)c3)CC2)cc1. The van der Waals surface area contributed by atoms with E-state index in [-0.39, 0.29) is 49.9 Å². The van der Waals surface area contributed by atoms with Crippen molar-refractivity contribution in [2.75, 3.05) is 26.2 Å². The molecular formula is C20H16F6N2O4S. The second kappa shape index (κ2) is 8.78. The first-order valence-corrected chi connectivity index (χ1v) is 10.8. The van der Waals surface area contributed by atoms with Gasteiger partial charge in [0.2, 0.25) is 10.0 Å². The van der Waals surface area contributed by atoms with E-state index in [0.29, 0.717) is 11.8 Å². The number of aldehydes is 1. The van der Waals surface area contributed by atoms with Gasteiger partial charge >= 0.3 is 12.4 Å². The van der Waals surface area contributed by atoms with E-state index in [2.05, 4.69) is 0 Å². The molecule has 0 saturated carbocycles. The van der Waals surface area contributed by atoms with Crippen LogP contribution in [0, 0.1) is 0 Å². The highest BCUT2D eigenvalue weighted by molar-refractivity contribution is 7.89. The zero-order valence-corrected chi connectivity index (χ0v) is 17.5. The molecule has 1 aliphatic heterocycles. The van der Waals surface area contributed by atoms with Crippen LogP contribution in [-0.2, 0) is 22.4 Å². The van der Waals surface area contributed by atoms with Crippen molar-refractivity contribution in [2.24, 2.45) is 0 Å². The van der Waals surface area contributed by atoms with Crippen LogP contribution in [0.25, 0.3) is 0 Å². The number of benzene rings is 2. The largest absolute Gasteiger partial charge is 0.416 e. The van der Waals surface area contributed by atoms with Crippen molar-refractivity contribution in [3.63, 3.8) is 0 Å². The average molecular weight is 494 g/mol. The minimum absolute atomic E-state index is 0.126. The van der Waals surface area contributed by atoms with Gasteiger partial charge < -0.3 is 4.90 Å². The number of hydrogen-bond donors (Lipinski definition) is 0. The summed E-state index contributed by atoms with van der Waals surface area (Å²) in [5.74, 6) is -0.456. The van der Waals surface area contributed by atoms with E-state index in [1.54, 1.807) is 0 Å². The fourth-order valence-corrected chi connectivity index (χ4v) is 4.74. The van der Waals surface area contributed by atoms with Crippen molar-refractivity contribution in [2.45, 2.75) is 17.2 Å². The Kier molecular flexibility index (Phi) is 6.58. The van der Waals surface area contributed by atoms with E-state index in [9.17, 15) is 44.3 Å². The smallest absolute Gasteiger partial charge is 0.336 e. The van der Waals surface area contributed by atoms with Gasteiger partial charge in [0.15, 0.2) is 0 Å². The third-order valence-corrected chi connectivity index (χ3v) is 6.89. The van der Waals surface area contributed by atoms with Gasteiger partial charge in [-0.05, 0) is 30.3 Å². The van der Waals surface area contributed by atoms with Crippen LogP contribution in [0.1, 0.15) is 31.8 Å². The van der Waals surface area contributed by atoms with Crippen LogP contribution in [0.2, 0.25) is 0 Å². The molecule has 0 atom stereocenters. The lowest BCUT2D eigenvalue weighted by molar-refractivity contribution is -0.143. The van der Waals surface area contributed by atoms with Gasteiger partial charge in [0, 0.05) is 37.3 Å². The van der Waals surface area contributed by atoms with E-state index in [4.69, 9.17) is 0 Å². The number of nitrogens with zero attached hydrogens (tertiary/aromatic N) is 2. The van der Waals surface area contributed by atoms with Gasteiger partial charge in [-0.15, -0.1) is 0 Å². The fourth-order valence-electron chi connectivity index (χ4n) is 3.24. The lowest BCUT2D eigenvalue weighted by Crippen LogP contribution is -2.50. The van der Waals surface area contributed by atoms with Crippen LogP contribution in [0.4, 0.5) is 26.3 Å². The van der Waals surface area contributed by atoms with Crippen molar-refractivity contribution in [1.82, 2.24) is 9.21 Å². The Bertz CT molecular complexity index is 1120. The molecule has 178 valence electrons. The lowest BCUT2D eigenvalue weighted by atomic mass is 10.1. The van der Waals surface area contributed by atoms with Crippen LogP contribution < -0.4 is 0 Å². The van der Waals surface area contributed by atoms with E-state index in [1.165, 1.54) is 29.2 Å². The molecule has 3 rings (SSSR count). The molecule has 1 amide bonds. The molecule has 0 aromatic heterocycles. The van der Waals surface area contributed by atoms with E-state index >= 15 is 0 Å². The molecule has 2 aromatic carbocycles. The number of carbonyl (C=O) groups excluding carboxylic acids is 2. The van der Waals surface area contributed by atoms with Crippen molar-refractivity contribution in [1.29, 1.82) is 0 Å². The number of rotatable bonds is 4. The highest BCUT2D eigenvalue weighted by Gasteiger charge is 2.39. The number of alkyl halides is 6. The Labute approximate surface area is 184 Å². The van der Waals surface area contributed by atoms with Crippen LogP contribution in [-0.4, -0.2) is 56.0 Å². The summed E-state index contributed by atoms with van der Waals surface area (Å²) in [5, 5.41) is 0. The van der Waals surface area contributed by atoms with E-state index in [1.807, 2.05) is 0 Å². The maximum Gasteiger partial charge on any atom is 0.416 e. The third-order valence-electron chi connectivity index (χ3n) is 5.02. The first-order valence-electron chi connectivity index (χ1n) is 9.37. The maximum atomic E-state index is 13.1. The molecule has 0 radical (unpaired) electrons. The summed E-state index contributed by atoms with van der Waals surface area (Å²) in [5.41, 5.74) is -2.88. The van der Waals surface area contributed by atoms with Crippen LogP contribution in [0.3, 0.4) is 0 Å². The lowest BCUT2D eigenvalue weighted by Gasteiger charge is -2.34. The molecule has 33 heavy (non-hydrogen) atoms.